The molecular formula is C13H27NSi. The predicted molar refractivity (Wildman–Crippen MR) is 70.0 cm³/mol. The molecule has 0 spiro atoms. The first kappa shape index (κ1) is 11.7. The fourth-order valence-corrected chi connectivity index (χ4v) is 5.40. The van der Waals surface area contributed by atoms with E-state index >= 15 is 0 Å². The lowest BCUT2D eigenvalue weighted by Gasteiger charge is -2.41. The Hall–Kier alpha value is 0.177. The van der Waals surface area contributed by atoms with Crippen LogP contribution in [-0.2, 0) is 0 Å². The van der Waals surface area contributed by atoms with Crippen LogP contribution in [0.1, 0.15) is 64.2 Å². The minimum atomic E-state index is 0.0716. The van der Waals surface area contributed by atoms with Crippen molar-refractivity contribution < 1.29 is 0 Å². The third kappa shape index (κ3) is 3.07. The van der Waals surface area contributed by atoms with E-state index in [4.69, 9.17) is 0 Å². The Morgan fingerprint density at radius 2 is 1.13 bits per heavy atom. The Bertz CT molecular complexity index is 153. The van der Waals surface area contributed by atoms with Gasteiger partial charge in [-0.15, -0.1) is 0 Å². The maximum atomic E-state index is 2.98. The SMILES string of the molecule is C[SiH2]N(C1CCCCC1)C1CCCCC1. The van der Waals surface area contributed by atoms with Crippen LogP contribution in [0.15, 0.2) is 0 Å². The smallest absolute Gasteiger partial charge is 0.0926 e. The summed E-state index contributed by atoms with van der Waals surface area (Å²) in [5.41, 5.74) is 0. The van der Waals surface area contributed by atoms with Gasteiger partial charge in [0.1, 0.15) is 0 Å². The summed E-state index contributed by atoms with van der Waals surface area (Å²) in [6, 6.07) is 2.00. The van der Waals surface area contributed by atoms with Crippen molar-refractivity contribution in [3.05, 3.63) is 0 Å². The number of hydrogen-bond donors (Lipinski definition) is 0. The lowest BCUT2D eigenvalue weighted by molar-refractivity contribution is 0.171. The molecule has 2 heteroatoms. The molecule has 2 fully saturated rings. The lowest BCUT2D eigenvalue weighted by atomic mass is 9.91. The molecule has 2 saturated carbocycles. The highest BCUT2D eigenvalue weighted by atomic mass is 28.2. The molecule has 88 valence electrons. The summed E-state index contributed by atoms with van der Waals surface area (Å²) >= 11 is 0. The van der Waals surface area contributed by atoms with Crippen molar-refractivity contribution in [1.29, 1.82) is 0 Å². The largest absolute Gasteiger partial charge is 0.324 e. The zero-order valence-electron chi connectivity index (χ0n) is 10.4. The van der Waals surface area contributed by atoms with Gasteiger partial charge in [0.15, 0.2) is 0 Å². The molecule has 0 unspecified atom stereocenters. The molecule has 0 aromatic heterocycles. The summed E-state index contributed by atoms with van der Waals surface area (Å²) in [5, 5.41) is 0. The summed E-state index contributed by atoms with van der Waals surface area (Å²) in [4.78, 5) is 0. The molecule has 0 saturated heterocycles. The Morgan fingerprint density at radius 1 is 0.733 bits per heavy atom. The van der Waals surface area contributed by atoms with Gasteiger partial charge < -0.3 is 4.57 Å². The highest BCUT2D eigenvalue weighted by molar-refractivity contribution is 6.30. The minimum Gasteiger partial charge on any atom is -0.324 e. The maximum absolute atomic E-state index is 2.98. The van der Waals surface area contributed by atoms with E-state index in [0.29, 0.717) is 0 Å². The molecule has 15 heavy (non-hydrogen) atoms. The number of rotatable bonds is 3. The van der Waals surface area contributed by atoms with E-state index in [1.54, 1.807) is 0 Å². The second kappa shape index (κ2) is 6.05. The maximum Gasteiger partial charge on any atom is 0.0926 e. The van der Waals surface area contributed by atoms with Crippen LogP contribution in [0.2, 0.25) is 6.55 Å². The second-order valence-corrected chi connectivity index (χ2v) is 6.78. The topological polar surface area (TPSA) is 3.24 Å². The lowest BCUT2D eigenvalue weighted by Crippen LogP contribution is -2.46. The second-order valence-electron chi connectivity index (χ2n) is 5.41. The molecule has 0 aromatic carbocycles. The quantitative estimate of drug-likeness (QED) is 0.667. The Labute approximate surface area is 97.5 Å². The van der Waals surface area contributed by atoms with E-state index in [2.05, 4.69) is 11.1 Å². The summed E-state index contributed by atoms with van der Waals surface area (Å²) in [7, 11) is 0.0716. The molecule has 0 amide bonds. The van der Waals surface area contributed by atoms with Crippen LogP contribution in [0, 0.1) is 0 Å². The van der Waals surface area contributed by atoms with Crippen LogP contribution >= 0.6 is 0 Å². The average Bonchev–Trinajstić information content (AvgIpc) is 2.33. The Kier molecular flexibility index (Phi) is 4.70. The standard InChI is InChI=1S/C13H27NSi/c1-15-14(12-8-4-2-5-9-12)13-10-6-3-7-11-13/h12-13H,2-11,15H2,1H3. The molecule has 0 N–H and O–H groups in total. The van der Waals surface area contributed by atoms with Gasteiger partial charge in [-0.1, -0.05) is 45.1 Å². The van der Waals surface area contributed by atoms with Gasteiger partial charge in [-0.25, -0.2) is 0 Å². The third-order valence-electron chi connectivity index (χ3n) is 4.45. The number of hydrogen-bond acceptors (Lipinski definition) is 1. The van der Waals surface area contributed by atoms with Gasteiger partial charge in [0.05, 0.1) is 9.68 Å². The fraction of sp³-hybridized carbons (Fsp3) is 1.00. The van der Waals surface area contributed by atoms with Crippen molar-refractivity contribution in [2.75, 3.05) is 0 Å². The zero-order chi connectivity index (χ0) is 10.5. The van der Waals surface area contributed by atoms with E-state index in [-0.39, 0.29) is 9.68 Å². The van der Waals surface area contributed by atoms with E-state index in [0.717, 1.165) is 12.1 Å². The van der Waals surface area contributed by atoms with Crippen LogP contribution in [0.5, 0.6) is 0 Å². The van der Waals surface area contributed by atoms with Crippen LogP contribution in [0.25, 0.3) is 0 Å². The van der Waals surface area contributed by atoms with Crippen molar-refractivity contribution >= 4 is 9.68 Å². The van der Waals surface area contributed by atoms with Crippen molar-refractivity contribution in [2.24, 2.45) is 0 Å². The van der Waals surface area contributed by atoms with Crippen molar-refractivity contribution in [1.82, 2.24) is 4.57 Å². The third-order valence-corrected chi connectivity index (χ3v) is 6.22. The molecule has 0 aliphatic heterocycles. The van der Waals surface area contributed by atoms with Gasteiger partial charge in [-0.05, 0) is 25.7 Å². The molecule has 2 aliphatic rings. The predicted octanol–water partition coefficient (Wildman–Crippen LogP) is 3.09. The van der Waals surface area contributed by atoms with Gasteiger partial charge in [-0.2, -0.15) is 0 Å². The van der Waals surface area contributed by atoms with Crippen LogP contribution in [-0.4, -0.2) is 26.3 Å². The highest BCUT2D eigenvalue weighted by Gasteiger charge is 2.26. The van der Waals surface area contributed by atoms with Crippen molar-refractivity contribution in [3.63, 3.8) is 0 Å². The molecule has 0 aromatic rings. The van der Waals surface area contributed by atoms with E-state index in [1.165, 1.54) is 64.2 Å². The molecule has 0 atom stereocenters. The normalized spacial score (nSPS) is 26.8. The minimum absolute atomic E-state index is 0.0716. The number of nitrogens with zero attached hydrogens (tertiary/aromatic N) is 1. The van der Waals surface area contributed by atoms with E-state index < -0.39 is 0 Å². The van der Waals surface area contributed by atoms with Crippen LogP contribution < -0.4 is 0 Å². The zero-order valence-corrected chi connectivity index (χ0v) is 11.8. The van der Waals surface area contributed by atoms with Gasteiger partial charge in [0, 0.05) is 12.1 Å². The molecule has 1 nitrogen and oxygen atoms in total. The van der Waals surface area contributed by atoms with Gasteiger partial charge in [0.25, 0.3) is 0 Å². The van der Waals surface area contributed by atoms with Crippen molar-refractivity contribution in [3.8, 4) is 0 Å². The molecule has 0 radical (unpaired) electrons. The first-order valence-electron chi connectivity index (χ1n) is 7.17. The monoisotopic (exact) mass is 225 g/mol. The van der Waals surface area contributed by atoms with Crippen LogP contribution in [0.3, 0.4) is 0 Å². The summed E-state index contributed by atoms with van der Waals surface area (Å²) in [5.74, 6) is 0. The first-order chi connectivity index (χ1) is 7.42. The Morgan fingerprint density at radius 3 is 1.47 bits per heavy atom. The van der Waals surface area contributed by atoms with E-state index in [9.17, 15) is 0 Å². The van der Waals surface area contributed by atoms with Gasteiger partial charge in [-0.3, -0.25) is 0 Å². The Balaban J connectivity index is 1.88. The summed E-state index contributed by atoms with van der Waals surface area (Å²) in [6.45, 7) is 2.50. The summed E-state index contributed by atoms with van der Waals surface area (Å²) in [6.07, 6.45) is 15.1. The molecular weight excluding hydrogens is 198 g/mol. The van der Waals surface area contributed by atoms with Crippen LogP contribution in [0.4, 0.5) is 0 Å². The van der Waals surface area contributed by atoms with Gasteiger partial charge >= 0.3 is 0 Å². The average molecular weight is 225 g/mol. The van der Waals surface area contributed by atoms with Crippen molar-refractivity contribution in [2.45, 2.75) is 82.8 Å². The highest BCUT2D eigenvalue weighted by Crippen LogP contribution is 2.29. The first-order valence-corrected chi connectivity index (χ1v) is 9.22. The molecule has 0 bridgehead atoms. The molecule has 2 rings (SSSR count). The summed E-state index contributed by atoms with van der Waals surface area (Å²) < 4.78 is 2.98. The van der Waals surface area contributed by atoms with E-state index in [1.807, 2.05) is 0 Å². The van der Waals surface area contributed by atoms with Gasteiger partial charge in [0.2, 0.25) is 0 Å². The molecule has 2 aliphatic carbocycles. The molecule has 0 heterocycles. The fourth-order valence-electron chi connectivity index (χ4n) is 3.64.